The van der Waals surface area contributed by atoms with Crippen molar-refractivity contribution in [3.63, 3.8) is 0 Å². The van der Waals surface area contributed by atoms with E-state index in [0.29, 0.717) is 6.42 Å². The van der Waals surface area contributed by atoms with Gasteiger partial charge in [-0.25, -0.2) is 0 Å². The quantitative estimate of drug-likeness (QED) is 0.730. The molecule has 0 radical (unpaired) electrons. The molecule has 0 spiro atoms. The third-order valence-electron chi connectivity index (χ3n) is 2.83. The predicted octanol–water partition coefficient (Wildman–Crippen LogP) is 4.03. The lowest BCUT2D eigenvalue weighted by molar-refractivity contribution is -0.116. The van der Waals surface area contributed by atoms with E-state index in [0.717, 1.165) is 48.0 Å². The Bertz CT molecular complexity index is 399. The molecule has 0 unspecified atom stereocenters. The van der Waals surface area contributed by atoms with E-state index in [9.17, 15) is 4.79 Å². The summed E-state index contributed by atoms with van der Waals surface area (Å²) < 4.78 is 0.978. The summed E-state index contributed by atoms with van der Waals surface area (Å²) in [5.41, 5.74) is 7.38. The van der Waals surface area contributed by atoms with Crippen LogP contribution in [-0.2, 0) is 4.79 Å². The van der Waals surface area contributed by atoms with E-state index >= 15 is 0 Å². The monoisotopic (exact) mass is 348 g/mol. The highest BCUT2D eigenvalue weighted by Gasteiger charge is 2.05. The second kappa shape index (κ2) is 10.2. The second-order valence-electron chi connectivity index (χ2n) is 4.46. The number of halogens is 2. The van der Waals surface area contributed by atoms with Crippen LogP contribution in [-0.4, -0.2) is 12.5 Å². The van der Waals surface area contributed by atoms with Crippen LogP contribution in [0.3, 0.4) is 0 Å². The fraction of sp³-hybridized carbons (Fsp3) is 0.500. The summed E-state index contributed by atoms with van der Waals surface area (Å²) in [6, 6.07) is 5.89. The molecule has 3 nitrogen and oxygen atoms in total. The van der Waals surface area contributed by atoms with Crippen LogP contribution in [0.2, 0.25) is 0 Å². The Morgan fingerprint density at radius 2 is 1.95 bits per heavy atom. The van der Waals surface area contributed by atoms with Gasteiger partial charge >= 0.3 is 0 Å². The Balaban J connectivity index is 0.00000324. The van der Waals surface area contributed by atoms with Crippen LogP contribution in [0.1, 0.15) is 37.7 Å². The van der Waals surface area contributed by atoms with E-state index in [1.54, 1.807) is 0 Å². The van der Waals surface area contributed by atoms with Gasteiger partial charge in [0.05, 0.1) is 0 Å². The predicted molar refractivity (Wildman–Crippen MR) is 86.9 cm³/mol. The highest BCUT2D eigenvalue weighted by atomic mass is 79.9. The molecular weight excluding hydrogens is 328 g/mol. The standard InChI is InChI=1S/C14H21BrN2O.ClH/c1-11-7-8-12(15)10-13(11)17-14(18)6-4-2-3-5-9-16;/h7-8,10H,2-6,9,16H2,1H3,(H,17,18);1H. The Labute approximate surface area is 129 Å². The smallest absolute Gasteiger partial charge is 0.224 e. The molecule has 19 heavy (non-hydrogen) atoms. The maximum Gasteiger partial charge on any atom is 0.224 e. The molecule has 1 aromatic carbocycles. The van der Waals surface area contributed by atoms with Crippen LogP contribution in [0.5, 0.6) is 0 Å². The van der Waals surface area contributed by atoms with E-state index in [1.165, 1.54) is 0 Å². The van der Waals surface area contributed by atoms with Crippen molar-refractivity contribution in [2.75, 3.05) is 11.9 Å². The van der Waals surface area contributed by atoms with Gasteiger partial charge in [-0.15, -0.1) is 12.4 Å². The number of amides is 1. The minimum Gasteiger partial charge on any atom is -0.330 e. The molecule has 3 N–H and O–H groups in total. The Morgan fingerprint density at radius 1 is 1.26 bits per heavy atom. The molecule has 0 atom stereocenters. The van der Waals surface area contributed by atoms with Gasteiger partial charge < -0.3 is 11.1 Å². The molecule has 1 aromatic rings. The molecule has 0 heterocycles. The van der Waals surface area contributed by atoms with E-state index in [4.69, 9.17) is 5.73 Å². The molecular formula is C14H22BrClN2O. The van der Waals surface area contributed by atoms with Crippen LogP contribution in [0, 0.1) is 6.92 Å². The highest BCUT2D eigenvalue weighted by Crippen LogP contribution is 2.20. The fourth-order valence-electron chi connectivity index (χ4n) is 1.73. The first-order chi connectivity index (χ1) is 8.63. The van der Waals surface area contributed by atoms with Gasteiger partial charge in [0.1, 0.15) is 0 Å². The molecule has 0 aliphatic carbocycles. The number of anilines is 1. The van der Waals surface area contributed by atoms with Crippen LogP contribution in [0.25, 0.3) is 0 Å². The minimum absolute atomic E-state index is 0. The molecule has 0 saturated heterocycles. The number of carbonyl (C=O) groups excluding carboxylic acids is 1. The van der Waals surface area contributed by atoms with Crippen molar-refractivity contribution in [3.05, 3.63) is 28.2 Å². The lowest BCUT2D eigenvalue weighted by Gasteiger charge is -2.08. The molecule has 0 aromatic heterocycles. The normalized spacial score (nSPS) is 9.84. The van der Waals surface area contributed by atoms with Gasteiger partial charge in [0.15, 0.2) is 0 Å². The summed E-state index contributed by atoms with van der Waals surface area (Å²) >= 11 is 3.40. The van der Waals surface area contributed by atoms with Crippen molar-refractivity contribution in [1.29, 1.82) is 0 Å². The third kappa shape index (κ3) is 7.55. The largest absolute Gasteiger partial charge is 0.330 e. The molecule has 0 fully saturated rings. The number of aryl methyl sites for hydroxylation is 1. The van der Waals surface area contributed by atoms with Crippen molar-refractivity contribution >= 4 is 39.9 Å². The van der Waals surface area contributed by atoms with Gasteiger partial charge in [0, 0.05) is 16.6 Å². The number of benzene rings is 1. The fourth-order valence-corrected chi connectivity index (χ4v) is 2.09. The summed E-state index contributed by atoms with van der Waals surface area (Å²) in [5.74, 6) is 0.0870. The summed E-state index contributed by atoms with van der Waals surface area (Å²) in [5, 5.41) is 2.95. The Hall–Kier alpha value is -0.580. The zero-order valence-corrected chi connectivity index (χ0v) is 13.6. The van der Waals surface area contributed by atoms with Crippen molar-refractivity contribution < 1.29 is 4.79 Å². The number of hydrogen-bond acceptors (Lipinski definition) is 2. The number of rotatable bonds is 7. The minimum atomic E-state index is 0. The van der Waals surface area contributed by atoms with Crippen molar-refractivity contribution in [3.8, 4) is 0 Å². The van der Waals surface area contributed by atoms with E-state index in [-0.39, 0.29) is 18.3 Å². The van der Waals surface area contributed by atoms with Gasteiger partial charge in [-0.3, -0.25) is 4.79 Å². The van der Waals surface area contributed by atoms with Gasteiger partial charge in [-0.05, 0) is 44.0 Å². The van der Waals surface area contributed by atoms with Crippen molar-refractivity contribution in [2.24, 2.45) is 5.73 Å². The summed E-state index contributed by atoms with van der Waals surface area (Å²) in [4.78, 5) is 11.8. The summed E-state index contributed by atoms with van der Waals surface area (Å²) in [6.07, 6.45) is 4.74. The van der Waals surface area contributed by atoms with Crippen molar-refractivity contribution in [2.45, 2.75) is 39.0 Å². The molecule has 0 aliphatic rings. The number of unbranched alkanes of at least 4 members (excludes halogenated alkanes) is 3. The number of nitrogens with two attached hydrogens (primary N) is 1. The van der Waals surface area contributed by atoms with E-state index in [2.05, 4.69) is 21.2 Å². The molecule has 5 heteroatoms. The average molecular weight is 350 g/mol. The lowest BCUT2D eigenvalue weighted by Crippen LogP contribution is -2.12. The highest BCUT2D eigenvalue weighted by molar-refractivity contribution is 9.10. The first-order valence-corrected chi connectivity index (χ1v) is 7.19. The Morgan fingerprint density at radius 3 is 2.63 bits per heavy atom. The molecule has 1 amide bonds. The van der Waals surface area contributed by atoms with Crippen LogP contribution >= 0.6 is 28.3 Å². The maximum absolute atomic E-state index is 11.8. The molecule has 0 aliphatic heterocycles. The lowest BCUT2D eigenvalue weighted by atomic mass is 10.1. The van der Waals surface area contributed by atoms with E-state index < -0.39 is 0 Å². The number of hydrogen-bond donors (Lipinski definition) is 2. The van der Waals surface area contributed by atoms with Crippen LogP contribution in [0.4, 0.5) is 5.69 Å². The average Bonchev–Trinajstić information content (AvgIpc) is 2.33. The summed E-state index contributed by atoms with van der Waals surface area (Å²) in [7, 11) is 0. The molecule has 108 valence electrons. The van der Waals surface area contributed by atoms with Gasteiger partial charge in [0.25, 0.3) is 0 Å². The van der Waals surface area contributed by atoms with Gasteiger partial charge in [0.2, 0.25) is 5.91 Å². The Kier molecular flexibility index (Phi) is 9.92. The maximum atomic E-state index is 11.8. The van der Waals surface area contributed by atoms with Crippen LogP contribution < -0.4 is 11.1 Å². The zero-order chi connectivity index (χ0) is 13.4. The topological polar surface area (TPSA) is 55.1 Å². The zero-order valence-electron chi connectivity index (χ0n) is 11.2. The molecule has 0 saturated carbocycles. The second-order valence-corrected chi connectivity index (χ2v) is 5.38. The molecule has 0 bridgehead atoms. The number of carbonyl (C=O) groups is 1. The van der Waals surface area contributed by atoms with Crippen molar-refractivity contribution in [1.82, 2.24) is 0 Å². The third-order valence-corrected chi connectivity index (χ3v) is 3.32. The first kappa shape index (κ1) is 18.4. The van der Waals surface area contributed by atoms with Crippen LogP contribution in [0.15, 0.2) is 22.7 Å². The van der Waals surface area contributed by atoms with Gasteiger partial charge in [-0.2, -0.15) is 0 Å². The first-order valence-electron chi connectivity index (χ1n) is 6.39. The number of nitrogens with one attached hydrogen (secondary N) is 1. The summed E-state index contributed by atoms with van der Waals surface area (Å²) in [6.45, 7) is 2.73. The van der Waals surface area contributed by atoms with E-state index in [1.807, 2.05) is 25.1 Å². The van der Waals surface area contributed by atoms with Gasteiger partial charge in [-0.1, -0.05) is 34.8 Å². The SMILES string of the molecule is Cc1ccc(Br)cc1NC(=O)CCCCCCN.Cl. The molecule has 1 rings (SSSR count).